The summed E-state index contributed by atoms with van der Waals surface area (Å²) in [5.41, 5.74) is 1.56. The van der Waals surface area contributed by atoms with Crippen LogP contribution in [0.25, 0.3) is 11.5 Å². The van der Waals surface area contributed by atoms with Crippen LogP contribution in [0.4, 0.5) is 10.1 Å². The molecule has 1 amide bonds. The largest absolute Gasteiger partial charge is 0.449 e. The third kappa shape index (κ3) is 4.01. The number of nitrogens with zero attached hydrogens (tertiary/aromatic N) is 3. The van der Waals surface area contributed by atoms with Crippen LogP contribution in [0.2, 0.25) is 0 Å². The zero-order chi connectivity index (χ0) is 20.4. The molecule has 0 spiro atoms. The summed E-state index contributed by atoms with van der Waals surface area (Å²) in [6, 6.07) is 12.4. The highest BCUT2D eigenvalue weighted by atomic mass is 19.1. The van der Waals surface area contributed by atoms with Gasteiger partial charge in [0.2, 0.25) is 11.8 Å². The molecule has 1 atom stereocenters. The molecule has 8 heteroatoms. The number of ether oxygens (including phenoxy) is 1. The molecule has 0 N–H and O–H groups in total. The number of hydrogen-bond acceptors (Lipinski definition) is 6. The van der Waals surface area contributed by atoms with Gasteiger partial charge < -0.3 is 14.1 Å². The Bertz CT molecular complexity index is 1050. The summed E-state index contributed by atoms with van der Waals surface area (Å²) in [7, 11) is 0. The number of hydrogen-bond donors (Lipinski definition) is 0. The van der Waals surface area contributed by atoms with Crippen LogP contribution in [0.15, 0.2) is 52.9 Å². The van der Waals surface area contributed by atoms with Gasteiger partial charge in [0, 0.05) is 24.2 Å². The van der Waals surface area contributed by atoms with Crippen molar-refractivity contribution in [1.82, 2.24) is 10.2 Å². The van der Waals surface area contributed by atoms with Crippen molar-refractivity contribution >= 4 is 17.6 Å². The van der Waals surface area contributed by atoms with E-state index in [1.807, 2.05) is 0 Å². The molecule has 7 nitrogen and oxygen atoms in total. The van der Waals surface area contributed by atoms with Crippen molar-refractivity contribution in [2.24, 2.45) is 0 Å². The molecular formula is C21H18FN3O4. The van der Waals surface area contributed by atoms with E-state index in [0.29, 0.717) is 29.8 Å². The van der Waals surface area contributed by atoms with E-state index in [1.165, 1.54) is 24.3 Å². The van der Waals surface area contributed by atoms with Crippen molar-refractivity contribution in [2.45, 2.75) is 25.9 Å². The van der Waals surface area contributed by atoms with Crippen molar-refractivity contribution in [3.05, 3.63) is 65.8 Å². The van der Waals surface area contributed by atoms with Gasteiger partial charge in [-0.15, -0.1) is 10.2 Å². The van der Waals surface area contributed by atoms with Crippen LogP contribution in [-0.4, -0.2) is 28.6 Å². The Morgan fingerprint density at radius 1 is 1.21 bits per heavy atom. The van der Waals surface area contributed by atoms with Crippen molar-refractivity contribution in [3.63, 3.8) is 0 Å². The SMILES string of the molecule is C[C@@H](OC(=O)c1cccc(N2CCCC2=O)c1)c1nnc(-c2ccc(F)cc2)o1. The van der Waals surface area contributed by atoms with Crippen LogP contribution in [0, 0.1) is 5.82 Å². The normalized spacial score (nSPS) is 14.8. The predicted molar refractivity (Wildman–Crippen MR) is 102 cm³/mol. The molecule has 1 aromatic heterocycles. The van der Waals surface area contributed by atoms with Gasteiger partial charge in [-0.05, 0) is 55.8 Å². The average molecular weight is 395 g/mol. The molecule has 0 saturated carbocycles. The number of benzene rings is 2. The Balaban J connectivity index is 1.46. The molecule has 29 heavy (non-hydrogen) atoms. The topological polar surface area (TPSA) is 85.5 Å². The number of aromatic nitrogens is 2. The summed E-state index contributed by atoms with van der Waals surface area (Å²) in [4.78, 5) is 26.1. The molecule has 148 valence electrons. The smallest absolute Gasteiger partial charge is 0.338 e. The van der Waals surface area contributed by atoms with Crippen molar-refractivity contribution < 1.29 is 23.1 Å². The monoisotopic (exact) mass is 395 g/mol. The van der Waals surface area contributed by atoms with Crippen LogP contribution in [0.1, 0.15) is 42.1 Å². The standard InChI is InChI=1S/C21H18FN3O4/c1-13(19-23-24-20(29-19)14-7-9-16(22)10-8-14)28-21(27)15-4-2-5-17(12-15)25-11-3-6-18(25)26/h2,4-5,7-10,12-13H,3,6,11H2,1H3/t13-/m1/s1. The first-order chi connectivity index (χ1) is 14.0. The lowest BCUT2D eigenvalue weighted by molar-refractivity contribution is -0.117. The van der Waals surface area contributed by atoms with Gasteiger partial charge in [-0.3, -0.25) is 4.79 Å². The Hall–Kier alpha value is -3.55. The first kappa shape index (κ1) is 18.8. The second-order valence-corrected chi connectivity index (χ2v) is 6.70. The van der Waals surface area contributed by atoms with Gasteiger partial charge in [-0.1, -0.05) is 6.07 Å². The molecule has 1 saturated heterocycles. The number of carbonyl (C=O) groups is 2. The minimum atomic E-state index is -0.777. The maximum atomic E-state index is 13.0. The summed E-state index contributed by atoms with van der Waals surface area (Å²) in [5, 5.41) is 7.83. The minimum Gasteiger partial charge on any atom is -0.449 e. The fourth-order valence-corrected chi connectivity index (χ4v) is 3.11. The van der Waals surface area contributed by atoms with E-state index in [2.05, 4.69) is 10.2 Å². The third-order valence-electron chi connectivity index (χ3n) is 4.63. The maximum Gasteiger partial charge on any atom is 0.338 e. The fourth-order valence-electron chi connectivity index (χ4n) is 3.11. The van der Waals surface area contributed by atoms with Crippen LogP contribution >= 0.6 is 0 Å². The Morgan fingerprint density at radius 3 is 2.72 bits per heavy atom. The first-order valence-corrected chi connectivity index (χ1v) is 9.22. The predicted octanol–water partition coefficient (Wildman–Crippen LogP) is 3.92. The minimum absolute atomic E-state index is 0.0445. The van der Waals surface area contributed by atoms with Crippen LogP contribution in [0.5, 0.6) is 0 Å². The lowest BCUT2D eigenvalue weighted by Crippen LogP contribution is -2.24. The van der Waals surface area contributed by atoms with Gasteiger partial charge in [0.15, 0.2) is 6.10 Å². The molecule has 0 aliphatic carbocycles. The number of esters is 1. The molecule has 1 aliphatic heterocycles. The number of rotatable bonds is 5. The van der Waals surface area contributed by atoms with Crippen LogP contribution < -0.4 is 4.90 Å². The van der Waals surface area contributed by atoms with Crippen LogP contribution in [-0.2, 0) is 9.53 Å². The Morgan fingerprint density at radius 2 is 2.00 bits per heavy atom. The van der Waals surface area contributed by atoms with Gasteiger partial charge >= 0.3 is 5.97 Å². The van der Waals surface area contributed by atoms with Gasteiger partial charge in [-0.2, -0.15) is 0 Å². The van der Waals surface area contributed by atoms with E-state index >= 15 is 0 Å². The highest BCUT2D eigenvalue weighted by Gasteiger charge is 2.24. The first-order valence-electron chi connectivity index (χ1n) is 9.22. The number of halogens is 1. The van der Waals surface area contributed by atoms with E-state index in [4.69, 9.17) is 9.15 Å². The number of amides is 1. The zero-order valence-corrected chi connectivity index (χ0v) is 15.7. The second kappa shape index (κ2) is 7.83. The van der Waals surface area contributed by atoms with Crippen LogP contribution in [0.3, 0.4) is 0 Å². The molecular weight excluding hydrogens is 377 g/mol. The lowest BCUT2D eigenvalue weighted by Gasteiger charge is -2.16. The summed E-state index contributed by atoms with van der Waals surface area (Å²) in [6.45, 7) is 2.26. The summed E-state index contributed by atoms with van der Waals surface area (Å²) in [6.07, 6.45) is 0.540. The van der Waals surface area contributed by atoms with Gasteiger partial charge in [0.1, 0.15) is 5.82 Å². The Kier molecular flexibility index (Phi) is 5.07. The zero-order valence-electron chi connectivity index (χ0n) is 15.7. The van der Waals surface area contributed by atoms with Gasteiger partial charge in [-0.25, -0.2) is 9.18 Å². The molecule has 1 fully saturated rings. The molecule has 0 bridgehead atoms. The molecule has 0 radical (unpaired) electrons. The number of carbonyl (C=O) groups excluding carboxylic acids is 2. The molecule has 3 aromatic rings. The van der Waals surface area contributed by atoms with E-state index in [-0.39, 0.29) is 23.5 Å². The Labute approximate surface area is 166 Å². The van der Waals surface area contributed by atoms with Crippen molar-refractivity contribution in [2.75, 3.05) is 11.4 Å². The summed E-state index contributed by atoms with van der Waals surface area (Å²) < 4.78 is 24.0. The van der Waals surface area contributed by atoms with Crippen molar-refractivity contribution in [3.8, 4) is 11.5 Å². The summed E-state index contributed by atoms with van der Waals surface area (Å²) >= 11 is 0. The lowest BCUT2D eigenvalue weighted by atomic mass is 10.2. The second-order valence-electron chi connectivity index (χ2n) is 6.70. The van der Waals surface area contributed by atoms with Gasteiger partial charge in [0.25, 0.3) is 5.89 Å². The molecule has 2 heterocycles. The average Bonchev–Trinajstić information content (AvgIpc) is 3.38. The van der Waals surface area contributed by atoms with Gasteiger partial charge in [0.05, 0.1) is 5.56 Å². The molecule has 1 aliphatic rings. The van der Waals surface area contributed by atoms with Crippen molar-refractivity contribution in [1.29, 1.82) is 0 Å². The molecule has 2 aromatic carbocycles. The van der Waals surface area contributed by atoms with E-state index in [1.54, 1.807) is 36.1 Å². The molecule has 4 rings (SSSR count). The highest BCUT2D eigenvalue weighted by molar-refractivity contribution is 5.97. The quantitative estimate of drug-likeness (QED) is 0.609. The summed E-state index contributed by atoms with van der Waals surface area (Å²) in [5.74, 6) is -0.551. The highest BCUT2D eigenvalue weighted by Crippen LogP contribution is 2.25. The number of anilines is 1. The maximum absolute atomic E-state index is 13.0. The van der Waals surface area contributed by atoms with E-state index in [9.17, 15) is 14.0 Å². The third-order valence-corrected chi connectivity index (χ3v) is 4.63. The fraction of sp³-hybridized carbons (Fsp3) is 0.238. The van der Waals surface area contributed by atoms with E-state index < -0.39 is 12.1 Å². The molecule has 0 unspecified atom stereocenters. The van der Waals surface area contributed by atoms with E-state index in [0.717, 1.165) is 6.42 Å².